The number of nitrogens with two attached hydrogens (primary N) is 1. The number of oxime groups is 1. The second-order valence-corrected chi connectivity index (χ2v) is 11.3. The van der Waals surface area contributed by atoms with E-state index < -0.39 is 52.7 Å². The largest absolute Gasteiger partial charge is 0.490 e. The molecule has 0 aliphatic carbocycles. The molecule has 4 rings (SSSR count). The van der Waals surface area contributed by atoms with Gasteiger partial charge in [0.2, 0.25) is 15.9 Å². The standard InChI is InChI=1S/C27H27N5O6S.C2HF3O2/c28-26(29)19-12-10-18(11-13-19)22-14-20(38-31-22)15-25(33)30-16-23(27(34)35)32-39(36,37)24-9-5-4-8-21(24)17-6-2-1-3-7-17;3-2(4,5)1(6)7/h1-13,20,23,32H,14-16H2,(H3,28,29)(H,30,33)(H,34,35);(H,6,7)/t20?,23-;/m0./s1. The van der Waals surface area contributed by atoms with E-state index in [1.54, 1.807) is 72.8 Å². The third-order valence-electron chi connectivity index (χ3n) is 6.28. The minimum absolute atomic E-state index is 0.0527. The first kappa shape index (κ1) is 35.2. The average Bonchev–Trinajstić information content (AvgIpc) is 3.47. The van der Waals surface area contributed by atoms with Gasteiger partial charge in [0.15, 0.2) is 0 Å². The monoisotopic (exact) mass is 663 g/mol. The van der Waals surface area contributed by atoms with Crippen LogP contribution in [0.3, 0.4) is 0 Å². The van der Waals surface area contributed by atoms with Crippen LogP contribution in [0.2, 0.25) is 0 Å². The van der Waals surface area contributed by atoms with Crippen LogP contribution in [-0.2, 0) is 29.2 Å². The van der Waals surface area contributed by atoms with Gasteiger partial charge in [-0.2, -0.15) is 17.9 Å². The maximum atomic E-state index is 13.2. The smallest absolute Gasteiger partial charge is 0.480 e. The summed E-state index contributed by atoms with van der Waals surface area (Å²) in [4.78, 5) is 38.5. The van der Waals surface area contributed by atoms with Gasteiger partial charge in [0, 0.05) is 24.1 Å². The first-order valence-electron chi connectivity index (χ1n) is 13.2. The zero-order valence-electron chi connectivity index (χ0n) is 23.7. The number of carboxylic acids is 2. The minimum Gasteiger partial charge on any atom is -0.480 e. The summed E-state index contributed by atoms with van der Waals surface area (Å²) < 4.78 is 60.2. The van der Waals surface area contributed by atoms with Crippen molar-refractivity contribution in [2.24, 2.45) is 10.9 Å². The zero-order valence-corrected chi connectivity index (χ0v) is 24.5. The lowest BCUT2D eigenvalue weighted by atomic mass is 10.0. The normalized spacial score (nSPS) is 14.9. The van der Waals surface area contributed by atoms with Crippen LogP contribution >= 0.6 is 0 Å². The maximum Gasteiger partial charge on any atom is 0.490 e. The van der Waals surface area contributed by atoms with Gasteiger partial charge in [-0.15, -0.1) is 0 Å². The van der Waals surface area contributed by atoms with Gasteiger partial charge in [-0.3, -0.25) is 15.0 Å². The maximum absolute atomic E-state index is 13.2. The van der Waals surface area contributed by atoms with Crippen molar-refractivity contribution in [2.45, 2.75) is 36.1 Å². The molecular formula is C29H28F3N5O8S. The highest BCUT2D eigenvalue weighted by molar-refractivity contribution is 7.89. The van der Waals surface area contributed by atoms with Gasteiger partial charge in [-0.05, 0) is 17.2 Å². The van der Waals surface area contributed by atoms with Crippen LogP contribution < -0.4 is 15.8 Å². The first-order valence-corrected chi connectivity index (χ1v) is 14.7. The number of hydrogen-bond acceptors (Lipinski definition) is 8. The summed E-state index contributed by atoms with van der Waals surface area (Å²) in [6, 6.07) is 20.4. The molecule has 1 aliphatic rings. The van der Waals surface area contributed by atoms with Crippen LogP contribution in [0.25, 0.3) is 11.1 Å². The summed E-state index contributed by atoms with van der Waals surface area (Å²) in [6.07, 6.45) is -5.41. The van der Waals surface area contributed by atoms with Crippen LogP contribution in [-0.4, -0.2) is 72.9 Å². The van der Waals surface area contributed by atoms with Crippen LogP contribution in [0.1, 0.15) is 24.0 Å². The number of halogens is 3. The van der Waals surface area contributed by atoms with E-state index >= 15 is 0 Å². The van der Waals surface area contributed by atoms with E-state index in [2.05, 4.69) is 15.2 Å². The Hall–Kier alpha value is -5.29. The second kappa shape index (κ2) is 15.1. The van der Waals surface area contributed by atoms with Gasteiger partial charge in [0.25, 0.3) is 0 Å². The molecule has 0 aromatic heterocycles. The number of carboxylic acid groups (broad SMARTS) is 2. The number of nitrogen functional groups attached to an aromatic ring is 1. The number of nitrogens with one attached hydrogen (secondary N) is 3. The van der Waals surface area contributed by atoms with Gasteiger partial charge in [0.1, 0.15) is 18.0 Å². The third kappa shape index (κ3) is 9.86. The topological polar surface area (TPSA) is 221 Å². The summed E-state index contributed by atoms with van der Waals surface area (Å²) in [5, 5.41) is 30.7. The van der Waals surface area contributed by atoms with Crippen LogP contribution in [0.4, 0.5) is 13.2 Å². The number of hydrogen-bond donors (Lipinski definition) is 6. The summed E-state index contributed by atoms with van der Waals surface area (Å²) in [5.41, 5.74) is 8.50. The molecule has 244 valence electrons. The number of amidine groups is 1. The van der Waals surface area contributed by atoms with Crippen molar-refractivity contribution in [1.82, 2.24) is 10.0 Å². The molecule has 0 saturated carbocycles. The predicted octanol–water partition coefficient (Wildman–Crippen LogP) is 2.70. The molecule has 0 radical (unpaired) electrons. The molecule has 0 fully saturated rings. The van der Waals surface area contributed by atoms with Crippen molar-refractivity contribution >= 4 is 39.4 Å². The highest BCUT2D eigenvalue weighted by Gasteiger charge is 2.38. The highest BCUT2D eigenvalue weighted by atomic mass is 32.2. The molecule has 3 aromatic carbocycles. The Morgan fingerprint density at radius 1 is 0.978 bits per heavy atom. The van der Waals surface area contributed by atoms with Crippen molar-refractivity contribution in [1.29, 1.82) is 5.41 Å². The van der Waals surface area contributed by atoms with Crippen LogP contribution in [0, 0.1) is 5.41 Å². The molecule has 0 saturated heterocycles. The number of nitrogens with zero attached hydrogens (tertiary/aromatic N) is 1. The number of carbonyl (C=O) groups is 3. The molecular weight excluding hydrogens is 635 g/mol. The molecule has 0 spiro atoms. The van der Waals surface area contributed by atoms with E-state index in [-0.39, 0.29) is 17.2 Å². The number of alkyl halides is 3. The number of carbonyl (C=O) groups excluding carboxylic acids is 1. The van der Waals surface area contributed by atoms with Gasteiger partial charge < -0.3 is 26.1 Å². The molecule has 13 nitrogen and oxygen atoms in total. The van der Waals surface area contributed by atoms with E-state index in [1.165, 1.54) is 6.07 Å². The van der Waals surface area contributed by atoms with Crippen molar-refractivity contribution < 1.29 is 51.0 Å². The summed E-state index contributed by atoms with van der Waals surface area (Å²) in [6.45, 7) is -0.464. The van der Waals surface area contributed by atoms with E-state index in [1.807, 2.05) is 0 Å². The molecule has 2 atom stereocenters. The van der Waals surface area contributed by atoms with E-state index in [0.29, 0.717) is 28.8 Å². The number of aliphatic carboxylic acids is 2. The number of rotatable bonds is 11. The van der Waals surface area contributed by atoms with E-state index in [4.69, 9.17) is 25.9 Å². The molecule has 1 unspecified atom stereocenters. The Balaban J connectivity index is 0.000000738. The van der Waals surface area contributed by atoms with Gasteiger partial charge in [-0.25, -0.2) is 13.2 Å². The van der Waals surface area contributed by atoms with Crippen molar-refractivity contribution in [3.8, 4) is 11.1 Å². The predicted molar refractivity (Wildman–Crippen MR) is 158 cm³/mol. The van der Waals surface area contributed by atoms with Gasteiger partial charge in [-0.1, -0.05) is 78.0 Å². The molecule has 17 heteroatoms. The lowest BCUT2D eigenvalue weighted by Gasteiger charge is -2.18. The highest BCUT2D eigenvalue weighted by Crippen LogP contribution is 2.27. The summed E-state index contributed by atoms with van der Waals surface area (Å²) in [7, 11) is -4.25. The quantitative estimate of drug-likeness (QED) is 0.131. The SMILES string of the molecule is N=C(N)c1ccc(C2=NOC(CC(=O)NC[C@H](NS(=O)(=O)c3ccccc3-c3ccccc3)C(=O)O)C2)cc1.O=C(O)C(F)(F)F. The Kier molecular flexibility index (Phi) is 11.6. The number of benzene rings is 3. The molecule has 1 heterocycles. The van der Waals surface area contributed by atoms with Crippen LogP contribution in [0.5, 0.6) is 0 Å². The van der Waals surface area contributed by atoms with Crippen molar-refractivity contribution in [2.75, 3.05) is 6.54 Å². The Morgan fingerprint density at radius 3 is 2.13 bits per heavy atom. The van der Waals surface area contributed by atoms with Crippen LogP contribution in [0.15, 0.2) is 88.9 Å². The lowest BCUT2D eigenvalue weighted by molar-refractivity contribution is -0.192. The first-order chi connectivity index (χ1) is 21.6. The van der Waals surface area contributed by atoms with Gasteiger partial charge in [0.05, 0.1) is 17.0 Å². The molecule has 1 aliphatic heterocycles. The summed E-state index contributed by atoms with van der Waals surface area (Å²) in [5.74, 6) is -4.76. The lowest BCUT2D eigenvalue weighted by Crippen LogP contribution is -2.48. The summed E-state index contributed by atoms with van der Waals surface area (Å²) >= 11 is 0. The zero-order chi connectivity index (χ0) is 34.1. The Morgan fingerprint density at radius 2 is 1.57 bits per heavy atom. The fraction of sp³-hybridized carbons (Fsp3) is 0.207. The van der Waals surface area contributed by atoms with Crippen molar-refractivity contribution in [3.63, 3.8) is 0 Å². The molecule has 46 heavy (non-hydrogen) atoms. The van der Waals surface area contributed by atoms with E-state index in [9.17, 15) is 36.3 Å². The minimum atomic E-state index is -5.08. The number of amides is 1. The number of sulfonamides is 1. The molecule has 7 N–H and O–H groups in total. The Labute approximate surface area is 260 Å². The molecule has 0 bridgehead atoms. The Bertz CT molecular complexity index is 1720. The molecule has 3 aromatic rings. The molecule has 1 amide bonds. The fourth-order valence-electron chi connectivity index (χ4n) is 4.03. The van der Waals surface area contributed by atoms with E-state index in [0.717, 1.165) is 5.56 Å². The van der Waals surface area contributed by atoms with Gasteiger partial charge >= 0.3 is 18.1 Å². The van der Waals surface area contributed by atoms with Crippen molar-refractivity contribution in [3.05, 3.63) is 90.0 Å². The second-order valence-electron chi connectivity index (χ2n) is 9.65. The fourth-order valence-corrected chi connectivity index (χ4v) is 5.45. The average molecular weight is 664 g/mol. The third-order valence-corrected chi connectivity index (χ3v) is 7.81.